The molecule has 0 amide bonds. The number of nitrogens with two attached hydrogens (primary N) is 1. The Labute approximate surface area is 105 Å². The van der Waals surface area contributed by atoms with E-state index < -0.39 is 0 Å². The lowest BCUT2D eigenvalue weighted by Crippen LogP contribution is -2.18. The molecule has 0 aromatic carbocycles. The molecule has 0 saturated heterocycles. The third kappa shape index (κ3) is 2.94. The van der Waals surface area contributed by atoms with E-state index in [0.29, 0.717) is 5.82 Å². The molecular weight excluding hydrogens is 232 g/mol. The zero-order chi connectivity index (χ0) is 12.3. The van der Waals surface area contributed by atoms with Crippen molar-refractivity contribution in [3.05, 3.63) is 34.3 Å². The number of thiophene rings is 1. The molecule has 0 radical (unpaired) electrons. The minimum absolute atomic E-state index is 0.531. The molecule has 90 valence electrons. The summed E-state index contributed by atoms with van der Waals surface area (Å²) in [6.45, 7) is 2.86. The van der Waals surface area contributed by atoms with Crippen molar-refractivity contribution in [2.45, 2.75) is 19.9 Å². The smallest absolute Gasteiger partial charge is 0.134 e. The van der Waals surface area contributed by atoms with Gasteiger partial charge in [-0.05, 0) is 22.4 Å². The normalized spacial score (nSPS) is 10.5. The summed E-state index contributed by atoms with van der Waals surface area (Å²) in [6, 6.07) is 3.93. The Morgan fingerprint density at radius 3 is 2.88 bits per heavy atom. The van der Waals surface area contributed by atoms with E-state index in [-0.39, 0.29) is 0 Å². The standard InChI is InChI=1S/C12H16N4S/c1-3-11-14-10(13)6-12(15-11)16(2)7-9-4-5-17-8-9/h4-6,8H,3,7H2,1-2H3,(H2,13,14,15). The van der Waals surface area contributed by atoms with Crippen LogP contribution in [0.2, 0.25) is 0 Å². The summed E-state index contributed by atoms with van der Waals surface area (Å²) < 4.78 is 0. The van der Waals surface area contributed by atoms with Gasteiger partial charge in [0, 0.05) is 26.1 Å². The molecule has 4 nitrogen and oxygen atoms in total. The van der Waals surface area contributed by atoms with Gasteiger partial charge >= 0.3 is 0 Å². The largest absolute Gasteiger partial charge is 0.384 e. The number of anilines is 2. The van der Waals surface area contributed by atoms with E-state index >= 15 is 0 Å². The SMILES string of the molecule is CCc1nc(N)cc(N(C)Cc2ccsc2)n1. The second-order valence-corrected chi connectivity index (χ2v) is 4.69. The average Bonchev–Trinajstić information content (AvgIpc) is 2.81. The Balaban J connectivity index is 2.18. The van der Waals surface area contributed by atoms with Crippen molar-refractivity contribution < 1.29 is 0 Å². The summed E-state index contributed by atoms with van der Waals surface area (Å²) in [5.41, 5.74) is 7.06. The number of hydrogen-bond acceptors (Lipinski definition) is 5. The van der Waals surface area contributed by atoms with Gasteiger partial charge in [-0.3, -0.25) is 0 Å². The van der Waals surface area contributed by atoms with E-state index in [0.717, 1.165) is 24.6 Å². The third-order valence-electron chi connectivity index (χ3n) is 2.49. The number of hydrogen-bond donors (Lipinski definition) is 1. The van der Waals surface area contributed by atoms with E-state index in [4.69, 9.17) is 5.73 Å². The fourth-order valence-corrected chi connectivity index (χ4v) is 2.25. The predicted molar refractivity (Wildman–Crippen MR) is 72.2 cm³/mol. The molecule has 17 heavy (non-hydrogen) atoms. The van der Waals surface area contributed by atoms with E-state index in [1.165, 1.54) is 5.56 Å². The lowest BCUT2D eigenvalue weighted by atomic mass is 10.3. The number of rotatable bonds is 4. The molecule has 2 aromatic heterocycles. The zero-order valence-electron chi connectivity index (χ0n) is 10.1. The van der Waals surface area contributed by atoms with Gasteiger partial charge in [0.25, 0.3) is 0 Å². The predicted octanol–water partition coefficient (Wildman–Crippen LogP) is 2.32. The molecule has 0 aliphatic rings. The molecule has 0 aliphatic heterocycles. The summed E-state index contributed by atoms with van der Waals surface area (Å²) in [5.74, 6) is 2.20. The quantitative estimate of drug-likeness (QED) is 0.902. The van der Waals surface area contributed by atoms with Crippen molar-refractivity contribution in [2.75, 3.05) is 17.7 Å². The topological polar surface area (TPSA) is 55.0 Å². The van der Waals surface area contributed by atoms with Crippen molar-refractivity contribution in [3.63, 3.8) is 0 Å². The lowest BCUT2D eigenvalue weighted by Gasteiger charge is -2.18. The average molecular weight is 248 g/mol. The van der Waals surface area contributed by atoms with Crippen LogP contribution in [0.4, 0.5) is 11.6 Å². The monoisotopic (exact) mass is 248 g/mol. The summed E-state index contributed by atoms with van der Waals surface area (Å²) in [6.07, 6.45) is 0.796. The van der Waals surface area contributed by atoms with E-state index in [1.54, 1.807) is 11.3 Å². The second kappa shape index (κ2) is 5.14. The zero-order valence-corrected chi connectivity index (χ0v) is 10.9. The fraction of sp³-hybridized carbons (Fsp3) is 0.333. The molecule has 2 N–H and O–H groups in total. The number of aryl methyl sites for hydroxylation is 1. The second-order valence-electron chi connectivity index (χ2n) is 3.91. The first-order chi connectivity index (χ1) is 8.19. The Kier molecular flexibility index (Phi) is 3.58. The van der Waals surface area contributed by atoms with Crippen LogP contribution in [0.1, 0.15) is 18.3 Å². The van der Waals surface area contributed by atoms with Crippen LogP contribution in [0.15, 0.2) is 22.9 Å². The Morgan fingerprint density at radius 2 is 2.24 bits per heavy atom. The van der Waals surface area contributed by atoms with E-state index in [9.17, 15) is 0 Å². The summed E-state index contributed by atoms with van der Waals surface area (Å²) in [5, 5.41) is 4.22. The van der Waals surface area contributed by atoms with Gasteiger partial charge in [-0.1, -0.05) is 6.92 Å². The van der Waals surface area contributed by atoms with E-state index in [1.807, 2.05) is 20.0 Å². The molecule has 0 spiro atoms. The molecule has 0 atom stereocenters. The maximum atomic E-state index is 5.77. The molecule has 0 aliphatic carbocycles. The minimum atomic E-state index is 0.531. The highest BCUT2D eigenvalue weighted by Gasteiger charge is 2.07. The molecule has 0 fully saturated rings. The van der Waals surface area contributed by atoms with Gasteiger partial charge < -0.3 is 10.6 Å². The summed E-state index contributed by atoms with van der Waals surface area (Å²) in [4.78, 5) is 10.7. The van der Waals surface area contributed by atoms with Gasteiger partial charge in [0.1, 0.15) is 17.5 Å². The van der Waals surface area contributed by atoms with Crippen molar-refractivity contribution in [1.82, 2.24) is 9.97 Å². The van der Waals surface area contributed by atoms with Crippen LogP contribution in [0, 0.1) is 0 Å². The number of nitrogen functional groups attached to an aromatic ring is 1. The summed E-state index contributed by atoms with van der Waals surface area (Å²) >= 11 is 1.70. The van der Waals surface area contributed by atoms with Gasteiger partial charge in [-0.15, -0.1) is 0 Å². The molecule has 5 heteroatoms. The molecular formula is C12H16N4S. The molecule has 2 aromatic rings. The van der Waals surface area contributed by atoms with Crippen LogP contribution in [-0.4, -0.2) is 17.0 Å². The highest BCUT2D eigenvalue weighted by molar-refractivity contribution is 7.07. The molecule has 2 heterocycles. The first kappa shape index (κ1) is 11.9. The van der Waals surface area contributed by atoms with Crippen LogP contribution in [0.25, 0.3) is 0 Å². The van der Waals surface area contributed by atoms with Crippen LogP contribution < -0.4 is 10.6 Å². The Morgan fingerprint density at radius 1 is 1.41 bits per heavy atom. The maximum Gasteiger partial charge on any atom is 0.134 e. The van der Waals surface area contributed by atoms with Crippen molar-refractivity contribution in [2.24, 2.45) is 0 Å². The van der Waals surface area contributed by atoms with E-state index in [2.05, 4.69) is 31.7 Å². The number of aromatic nitrogens is 2. The third-order valence-corrected chi connectivity index (χ3v) is 3.22. The highest BCUT2D eigenvalue weighted by Crippen LogP contribution is 2.16. The summed E-state index contributed by atoms with van der Waals surface area (Å²) in [7, 11) is 2.01. The minimum Gasteiger partial charge on any atom is -0.384 e. The van der Waals surface area contributed by atoms with Crippen molar-refractivity contribution in [1.29, 1.82) is 0 Å². The highest BCUT2D eigenvalue weighted by atomic mass is 32.1. The lowest BCUT2D eigenvalue weighted by molar-refractivity contribution is 0.863. The molecule has 0 bridgehead atoms. The van der Waals surface area contributed by atoms with Gasteiger partial charge in [0.15, 0.2) is 0 Å². The van der Waals surface area contributed by atoms with Crippen molar-refractivity contribution >= 4 is 23.0 Å². The first-order valence-electron chi connectivity index (χ1n) is 5.54. The fourth-order valence-electron chi connectivity index (χ4n) is 1.59. The molecule has 0 saturated carbocycles. The van der Waals surface area contributed by atoms with Crippen LogP contribution in [-0.2, 0) is 13.0 Å². The van der Waals surface area contributed by atoms with Crippen LogP contribution >= 0.6 is 11.3 Å². The number of nitrogens with zero attached hydrogens (tertiary/aromatic N) is 3. The van der Waals surface area contributed by atoms with Crippen molar-refractivity contribution in [3.8, 4) is 0 Å². The van der Waals surface area contributed by atoms with Gasteiger partial charge in [-0.25, -0.2) is 9.97 Å². The molecule has 0 unspecified atom stereocenters. The van der Waals surface area contributed by atoms with Gasteiger partial charge in [0.2, 0.25) is 0 Å². The Hall–Kier alpha value is -1.62. The van der Waals surface area contributed by atoms with Crippen LogP contribution in [0.5, 0.6) is 0 Å². The first-order valence-corrected chi connectivity index (χ1v) is 6.49. The van der Waals surface area contributed by atoms with Gasteiger partial charge in [-0.2, -0.15) is 11.3 Å². The van der Waals surface area contributed by atoms with Gasteiger partial charge in [0.05, 0.1) is 0 Å². The molecule has 2 rings (SSSR count). The Bertz CT molecular complexity index is 481. The van der Waals surface area contributed by atoms with Crippen LogP contribution in [0.3, 0.4) is 0 Å². The maximum absolute atomic E-state index is 5.77.